The molecule has 1 fully saturated rings. The fraction of sp³-hybridized carbons (Fsp3) is 0.600. The van der Waals surface area contributed by atoms with Gasteiger partial charge in [0.15, 0.2) is 0 Å². The Balaban J connectivity index is 2.05. The summed E-state index contributed by atoms with van der Waals surface area (Å²) in [6.45, 7) is 0. The zero-order valence-electron chi connectivity index (χ0n) is 8.68. The molecule has 0 aromatic heterocycles. The zero-order chi connectivity index (χ0) is 10.6. The number of fused-ring (bicyclic) bond motifs is 3. The van der Waals surface area contributed by atoms with Crippen LogP contribution < -0.4 is 5.73 Å². The van der Waals surface area contributed by atoms with Gasteiger partial charge in [0.05, 0.1) is 12.1 Å². The van der Waals surface area contributed by atoms with Gasteiger partial charge in [0.2, 0.25) is 5.96 Å². The van der Waals surface area contributed by atoms with Crippen molar-refractivity contribution in [3.05, 3.63) is 11.9 Å². The third-order valence-corrected chi connectivity index (χ3v) is 3.45. The number of likely N-dealkylation sites (N-methyl/N-ethyl adjacent to an activating group) is 1. The van der Waals surface area contributed by atoms with Crippen LogP contribution in [-0.4, -0.2) is 40.8 Å². The van der Waals surface area contributed by atoms with E-state index in [1.165, 1.54) is 12.5 Å². The first-order valence-corrected chi connectivity index (χ1v) is 5.30. The van der Waals surface area contributed by atoms with Gasteiger partial charge in [-0.25, -0.2) is 4.99 Å². The highest BCUT2D eigenvalue weighted by molar-refractivity contribution is 6.06. The number of guanidine groups is 1. The Morgan fingerprint density at radius 1 is 1.53 bits per heavy atom. The van der Waals surface area contributed by atoms with Crippen molar-refractivity contribution >= 4 is 11.9 Å². The maximum atomic E-state index is 11.5. The molecule has 0 radical (unpaired) electrons. The van der Waals surface area contributed by atoms with E-state index in [2.05, 4.69) is 4.99 Å². The molecule has 0 saturated heterocycles. The molecule has 2 heterocycles. The van der Waals surface area contributed by atoms with Gasteiger partial charge in [-0.3, -0.25) is 14.6 Å². The summed E-state index contributed by atoms with van der Waals surface area (Å²) >= 11 is 0. The Hall–Kier alpha value is -1.52. The van der Waals surface area contributed by atoms with Gasteiger partial charge in [-0.05, 0) is 19.3 Å². The highest BCUT2D eigenvalue weighted by Gasteiger charge is 2.44. The van der Waals surface area contributed by atoms with Gasteiger partial charge in [0.1, 0.15) is 5.82 Å². The van der Waals surface area contributed by atoms with Crippen LogP contribution in [0.2, 0.25) is 0 Å². The Bertz CT molecular complexity index is 387. The van der Waals surface area contributed by atoms with Crippen LogP contribution in [0.3, 0.4) is 0 Å². The lowest BCUT2D eigenvalue weighted by molar-refractivity contribution is -0.122. The SMILES string of the molecule is CN1C(=O)C=C(N)N2C1=N[C@@H]1CCC[C@@H]12. The molecule has 1 aliphatic carbocycles. The third kappa shape index (κ3) is 1.03. The Morgan fingerprint density at radius 2 is 2.33 bits per heavy atom. The molecule has 80 valence electrons. The van der Waals surface area contributed by atoms with E-state index in [1.54, 1.807) is 11.9 Å². The second kappa shape index (κ2) is 2.74. The number of nitrogens with two attached hydrogens (primary N) is 1. The summed E-state index contributed by atoms with van der Waals surface area (Å²) in [5, 5.41) is 0. The maximum absolute atomic E-state index is 11.5. The van der Waals surface area contributed by atoms with E-state index in [4.69, 9.17) is 5.73 Å². The van der Waals surface area contributed by atoms with E-state index in [1.807, 2.05) is 4.90 Å². The number of rotatable bonds is 0. The van der Waals surface area contributed by atoms with E-state index in [0.29, 0.717) is 17.9 Å². The quantitative estimate of drug-likeness (QED) is 0.599. The van der Waals surface area contributed by atoms with Crippen molar-refractivity contribution in [3.63, 3.8) is 0 Å². The summed E-state index contributed by atoms with van der Waals surface area (Å²) in [4.78, 5) is 19.7. The molecule has 2 N–H and O–H groups in total. The van der Waals surface area contributed by atoms with Gasteiger partial charge in [-0.2, -0.15) is 0 Å². The first-order chi connectivity index (χ1) is 7.18. The molecule has 0 aromatic rings. The zero-order valence-corrected chi connectivity index (χ0v) is 8.68. The predicted octanol–water partition coefficient (Wildman–Crippen LogP) is -0.149. The molecule has 1 amide bonds. The first-order valence-electron chi connectivity index (χ1n) is 5.30. The van der Waals surface area contributed by atoms with Crippen molar-refractivity contribution in [3.8, 4) is 0 Å². The topological polar surface area (TPSA) is 61.9 Å². The normalized spacial score (nSPS) is 33.8. The van der Waals surface area contributed by atoms with Gasteiger partial charge in [0, 0.05) is 13.1 Å². The lowest BCUT2D eigenvalue weighted by Gasteiger charge is -2.33. The second-order valence-electron chi connectivity index (χ2n) is 4.33. The van der Waals surface area contributed by atoms with Gasteiger partial charge < -0.3 is 5.73 Å². The van der Waals surface area contributed by atoms with Crippen LogP contribution >= 0.6 is 0 Å². The number of hydrogen-bond acceptors (Lipinski definition) is 4. The molecule has 3 rings (SSSR count). The van der Waals surface area contributed by atoms with E-state index in [0.717, 1.165) is 18.8 Å². The number of carbonyl (C=O) groups is 1. The molecule has 0 unspecified atom stereocenters. The predicted molar refractivity (Wildman–Crippen MR) is 55.7 cm³/mol. The minimum atomic E-state index is -0.0810. The molecule has 15 heavy (non-hydrogen) atoms. The highest BCUT2D eigenvalue weighted by Crippen LogP contribution is 2.35. The van der Waals surface area contributed by atoms with Crippen molar-refractivity contribution in [2.45, 2.75) is 31.3 Å². The van der Waals surface area contributed by atoms with Crippen LogP contribution in [0.5, 0.6) is 0 Å². The molecule has 5 heteroatoms. The van der Waals surface area contributed by atoms with Crippen molar-refractivity contribution < 1.29 is 4.79 Å². The first kappa shape index (κ1) is 8.76. The third-order valence-electron chi connectivity index (χ3n) is 3.45. The molecular formula is C10H14N4O. The second-order valence-corrected chi connectivity index (χ2v) is 4.33. The number of carbonyl (C=O) groups excluding carboxylic acids is 1. The van der Waals surface area contributed by atoms with Gasteiger partial charge in [-0.15, -0.1) is 0 Å². The lowest BCUT2D eigenvalue weighted by Crippen LogP contribution is -2.51. The number of amides is 1. The van der Waals surface area contributed by atoms with Gasteiger partial charge in [0.25, 0.3) is 5.91 Å². The molecule has 5 nitrogen and oxygen atoms in total. The van der Waals surface area contributed by atoms with Crippen molar-refractivity contribution in [1.29, 1.82) is 0 Å². The van der Waals surface area contributed by atoms with Crippen LogP contribution in [0, 0.1) is 0 Å². The van der Waals surface area contributed by atoms with E-state index in [9.17, 15) is 4.79 Å². The largest absolute Gasteiger partial charge is 0.385 e. The Morgan fingerprint density at radius 3 is 3.13 bits per heavy atom. The summed E-state index contributed by atoms with van der Waals surface area (Å²) < 4.78 is 0. The number of nitrogens with zero attached hydrogens (tertiary/aromatic N) is 3. The number of hydrogen-bond donors (Lipinski definition) is 1. The molecule has 2 aliphatic heterocycles. The molecule has 0 spiro atoms. The van der Waals surface area contributed by atoms with Crippen LogP contribution in [0.25, 0.3) is 0 Å². The van der Waals surface area contributed by atoms with E-state index >= 15 is 0 Å². The fourth-order valence-electron chi connectivity index (χ4n) is 2.68. The standard InChI is InChI=1S/C10H14N4O/c1-13-9(15)5-8(11)14-7-4-2-3-6(7)12-10(13)14/h5-7H,2-4,11H2,1H3/t6-,7+/m1/s1. The Labute approximate surface area is 88.2 Å². The van der Waals surface area contributed by atoms with Gasteiger partial charge in [-0.1, -0.05) is 0 Å². The molecular weight excluding hydrogens is 192 g/mol. The van der Waals surface area contributed by atoms with Crippen LogP contribution in [0.4, 0.5) is 0 Å². The lowest BCUT2D eigenvalue weighted by atomic mass is 10.2. The maximum Gasteiger partial charge on any atom is 0.256 e. The van der Waals surface area contributed by atoms with Crippen LogP contribution in [0.1, 0.15) is 19.3 Å². The molecule has 0 bridgehead atoms. The average Bonchev–Trinajstić information content (AvgIpc) is 2.72. The minimum Gasteiger partial charge on any atom is -0.385 e. The smallest absolute Gasteiger partial charge is 0.256 e. The summed E-state index contributed by atoms with van der Waals surface area (Å²) in [5.41, 5.74) is 5.89. The summed E-state index contributed by atoms with van der Waals surface area (Å²) in [6, 6.07) is 0.715. The molecule has 0 aromatic carbocycles. The summed E-state index contributed by atoms with van der Waals surface area (Å²) in [6.07, 6.45) is 4.92. The van der Waals surface area contributed by atoms with Gasteiger partial charge >= 0.3 is 0 Å². The molecule has 1 saturated carbocycles. The summed E-state index contributed by atoms with van der Waals surface area (Å²) in [7, 11) is 1.75. The van der Waals surface area contributed by atoms with Crippen molar-refractivity contribution in [2.24, 2.45) is 10.7 Å². The Kier molecular flexibility index (Phi) is 1.60. The monoisotopic (exact) mass is 206 g/mol. The van der Waals surface area contributed by atoms with Crippen LogP contribution in [-0.2, 0) is 4.79 Å². The highest BCUT2D eigenvalue weighted by atomic mass is 16.2. The fourth-order valence-corrected chi connectivity index (χ4v) is 2.68. The van der Waals surface area contributed by atoms with Crippen molar-refractivity contribution in [2.75, 3.05) is 7.05 Å². The van der Waals surface area contributed by atoms with Crippen LogP contribution in [0.15, 0.2) is 16.9 Å². The minimum absolute atomic E-state index is 0.0810. The molecule has 2 atom stereocenters. The van der Waals surface area contributed by atoms with E-state index < -0.39 is 0 Å². The van der Waals surface area contributed by atoms with E-state index in [-0.39, 0.29) is 5.91 Å². The number of aliphatic imine (C=N–C) groups is 1. The average molecular weight is 206 g/mol. The van der Waals surface area contributed by atoms with Crippen molar-refractivity contribution in [1.82, 2.24) is 9.80 Å². The summed E-state index contributed by atoms with van der Waals surface area (Å²) in [5.74, 6) is 1.20. The molecule has 3 aliphatic rings.